The molecular formula is C37H60N2O3S. The van der Waals surface area contributed by atoms with E-state index in [0.29, 0.717) is 6.54 Å². The predicted octanol–water partition coefficient (Wildman–Crippen LogP) is 11.3. The van der Waals surface area contributed by atoms with Gasteiger partial charge in [-0.2, -0.15) is 8.42 Å². The highest BCUT2D eigenvalue weighted by molar-refractivity contribution is 7.85. The summed E-state index contributed by atoms with van der Waals surface area (Å²) in [7, 11) is -4.24. The molecule has 1 atom stereocenters. The summed E-state index contributed by atoms with van der Waals surface area (Å²) in [6.45, 7) is 2.98. The van der Waals surface area contributed by atoms with Gasteiger partial charge in [0.05, 0.1) is 22.4 Å². The zero-order valence-corrected chi connectivity index (χ0v) is 27.9. The molecule has 43 heavy (non-hydrogen) atoms. The van der Waals surface area contributed by atoms with Crippen molar-refractivity contribution in [2.24, 2.45) is 0 Å². The molecule has 1 heterocycles. The third-order valence-electron chi connectivity index (χ3n) is 9.05. The van der Waals surface area contributed by atoms with Crippen molar-refractivity contribution >= 4 is 21.5 Å². The Labute approximate surface area is 264 Å². The second-order valence-corrected chi connectivity index (χ2v) is 14.2. The smallest absolute Gasteiger partial charge is 0.294 e. The molecule has 0 radical (unpaired) electrons. The lowest BCUT2D eigenvalue weighted by Crippen LogP contribution is -2.35. The molecule has 3 rings (SSSR count). The zero-order valence-electron chi connectivity index (χ0n) is 27.1. The van der Waals surface area contributed by atoms with Crippen LogP contribution >= 0.6 is 0 Å². The first-order chi connectivity index (χ1) is 21.0. The van der Waals surface area contributed by atoms with Gasteiger partial charge in [-0.1, -0.05) is 166 Å². The van der Waals surface area contributed by atoms with E-state index in [1.807, 2.05) is 18.2 Å². The van der Waals surface area contributed by atoms with Crippen LogP contribution < -0.4 is 10.2 Å². The Balaban J connectivity index is 1.20. The molecule has 1 aliphatic heterocycles. The summed E-state index contributed by atoms with van der Waals surface area (Å²) < 4.78 is 33.1. The van der Waals surface area contributed by atoms with Crippen LogP contribution in [-0.2, 0) is 16.7 Å². The van der Waals surface area contributed by atoms with E-state index in [1.54, 1.807) is 12.1 Å². The number of hydrogen-bond acceptors (Lipinski definition) is 4. The Morgan fingerprint density at radius 1 is 0.651 bits per heavy atom. The zero-order chi connectivity index (χ0) is 30.6. The molecule has 6 heteroatoms. The lowest BCUT2D eigenvalue weighted by atomic mass is 10.0. The van der Waals surface area contributed by atoms with Crippen molar-refractivity contribution in [3.8, 4) is 0 Å². The number of benzene rings is 2. The van der Waals surface area contributed by atoms with Crippen LogP contribution in [0.15, 0.2) is 53.4 Å². The van der Waals surface area contributed by atoms with Crippen LogP contribution in [0.3, 0.4) is 0 Å². The molecule has 2 N–H and O–H groups in total. The third kappa shape index (κ3) is 14.1. The molecular weight excluding hydrogens is 552 g/mol. The highest BCUT2D eigenvalue weighted by atomic mass is 32.2. The summed E-state index contributed by atoms with van der Waals surface area (Å²) in [5.74, 6) is 0. The van der Waals surface area contributed by atoms with Crippen LogP contribution in [0.1, 0.15) is 154 Å². The predicted molar refractivity (Wildman–Crippen MR) is 184 cm³/mol. The van der Waals surface area contributed by atoms with Crippen LogP contribution in [0.5, 0.6) is 0 Å². The van der Waals surface area contributed by atoms with Crippen molar-refractivity contribution in [1.82, 2.24) is 0 Å². The molecule has 1 aliphatic rings. The highest BCUT2D eigenvalue weighted by Crippen LogP contribution is 2.39. The summed E-state index contributed by atoms with van der Waals surface area (Å²) in [5.41, 5.74) is 2.95. The van der Waals surface area contributed by atoms with E-state index in [0.717, 1.165) is 24.2 Å². The minimum Gasteiger partial charge on any atom is -0.363 e. The molecule has 0 saturated carbocycles. The molecule has 0 amide bonds. The third-order valence-corrected chi connectivity index (χ3v) is 9.90. The first-order valence-electron chi connectivity index (χ1n) is 17.7. The van der Waals surface area contributed by atoms with Gasteiger partial charge < -0.3 is 10.2 Å². The summed E-state index contributed by atoms with van der Waals surface area (Å²) in [5, 5.41) is 3.60. The summed E-state index contributed by atoms with van der Waals surface area (Å²) in [4.78, 5) is 2.19. The van der Waals surface area contributed by atoms with Crippen molar-refractivity contribution in [1.29, 1.82) is 0 Å². The van der Waals surface area contributed by atoms with E-state index in [4.69, 9.17) is 0 Å². The molecule has 0 aromatic heterocycles. The van der Waals surface area contributed by atoms with Crippen LogP contribution in [0, 0.1) is 0 Å². The van der Waals surface area contributed by atoms with Gasteiger partial charge in [0.25, 0.3) is 10.1 Å². The molecule has 0 bridgehead atoms. The fourth-order valence-electron chi connectivity index (χ4n) is 6.43. The van der Waals surface area contributed by atoms with Gasteiger partial charge in [0.15, 0.2) is 0 Å². The average molecular weight is 613 g/mol. The molecule has 0 spiro atoms. The van der Waals surface area contributed by atoms with Crippen LogP contribution in [0.2, 0.25) is 0 Å². The van der Waals surface area contributed by atoms with Gasteiger partial charge in [-0.15, -0.1) is 0 Å². The molecule has 242 valence electrons. The standard InChI is InChI=1S/C37H60N2O3S/c1-2-3-4-5-6-7-8-9-10-11-12-13-14-15-16-17-18-19-20-21-25-28-37-38-35-30-29-34(43(40,41)42)31-36(35)39(37)32-33-26-23-22-24-27-33/h22-24,26-27,29-31,37-38H,2-21,25,28,32H2,1H3,(H,40,41,42). The number of anilines is 2. The Morgan fingerprint density at radius 2 is 1.12 bits per heavy atom. The Hall–Kier alpha value is -2.05. The van der Waals surface area contributed by atoms with E-state index in [1.165, 1.54) is 140 Å². The largest absolute Gasteiger partial charge is 0.363 e. The maximum absolute atomic E-state index is 11.8. The Morgan fingerprint density at radius 3 is 1.58 bits per heavy atom. The van der Waals surface area contributed by atoms with Crippen molar-refractivity contribution in [2.45, 2.75) is 166 Å². The molecule has 0 aliphatic carbocycles. The molecule has 5 nitrogen and oxygen atoms in total. The first-order valence-corrected chi connectivity index (χ1v) is 19.1. The van der Waals surface area contributed by atoms with Crippen molar-refractivity contribution in [3.05, 3.63) is 54.1 Å². The van der Waals surface area contributed by atoms with Gasteiger partial charge in [0.1, 0.15) is 0 Å². The molecule has 2 aromatic carbocycles. The molecule has 0 fully saturated rings. The minimum atomic E-state index is -4.24. The van der Waals surface area contributed by atoms with Crippen molar-refractivity contribution in [3.63, 3.8) is 0 Å². The fraction of sp³-hybridized carbons (Fsp3) is 0.676. The van der Waals surface area contributed by atoms with Gasteiger partial charge in [-0.25, -0.2) is 0 Å². The van der Waals surface area contributed by atoms with E-state index in [-0.39, 0.29) is 11.1 Å². The number of nitrogens with zero attached hydrogens (tertiary/aromatic N) is 1. The number of hydrogen-bond donors (Lipinski definition) is 2. The van der Waals surface area contributed by atoms with E-state index in [9.17, 15) is 13.0 Å². The number of rotatable bonds is 25. The van der Waals surface area contributed by atoms with Crippen LogP contribution in [-0.4, -0.2) is 19.1 Å². The van der Waals surface area contributed by atoms with Crippen LogP contribution in [0.4, 0.5) is 11.4 Å². The highest BCUT2D eigenvalue weighted by Gasteiger charge is 2.29. The van der Waals surface area contributed by atoms with Gasteiger partial charge in [-0.3, -0.25) is 4.55 Å². The normalized spacial score (nSPS) is 14.7. The topological polar surface area (TPSA) is 69.6 Å². The monoisotopic (exact) mass is 612 g/mol. The molecule has 0 saturated heterocycles. The second kappa shape index (κ2) is 20.8. The maximum Gasteiger partial charge on any atom is 0.294 e. The first kappa shape index (κ1) is 35.4. The second-order valence-electron chi connectivity index (χ2n) is 12.8. The Kier molecular flexibility index (Phi) is 17.2. The fourth-order valence-corrected chi connectivity index (χ4v) is 6.93. The summed E-state index contributed by atoms with van der Waals surface area (Å²) in [6.07, 6.45) is 30.2. The average Bonchev–Trinajstić information content (AvgIpc) is 3.34. The SMILES string of the molecule is CCCCCCCCCCCCCCCCCCCCCCCC1Nc2ccc(S(=O)(=O)O)cc2N1Cc1ccccc1. The summed E-state index contributed by atoms with van der Waals surface area (Å²) in [6, 6.07) is 15.1. The lowest BCUT2D eigenvalue weighted by Gasteiger charge is -2.27. The van der Waals surface area contributed by atoms with Gasteiger partial charge in [0, 0.05) is 6.54 Å². The Bertz CT molecular complexity index is 1110. The van der Waals surface area contributed by atoms with Gasteiger partial charge in [-0.05, 0) is 36.6 Å². The van der Waals surface area contributed by atoms with Crippen molar-refractivity contribution < 1.29 is 13.0 Å². The van der Waals surface area contributed by atoms with Crippen molar-refractivity contribution in [2.75, 3.05) is 10.2 Å². The maximum atomic E-state index is 11.8. The minimum absolute atomic E-state index is 0.0548. The van der Waals surface area contributed by atoms with E-state index < -0.39 is 10.1 Å². The number of unbranched alkanes of at least 4 members (excludes halogenated alkanes) is 20. The van der Waals surface area contributed by atoms with Crippen LogP contribution in [0.25, 0.3) is 0 Å². The van der Waals surface area contributed by atoms with E-state index >= 15 is 0 Å². The van der Waals surface area contributed by atoms with Gasteiger partial charge >= 0.3 is 0 Å². The summed E-state index contributed by atoms with van der Waals surface area (Å²) >= 11 is 0. The number of nitrogens with one attached hydrogen (secondary N) is 1. The lowest BCUT2D eigenvalue weighted by molar-refractivity contribution is 0.483. The quantitative estimate of drug-likeness (QED) is 0.0862. The van der Waals surface area contributed by atoms with Gasteiger partial charge in [0.2, 0.25) is 0 Å². The molecule has 2 aromatic rings. The molecule has 1 unspecified atom stereocenters. The number of fused-ring (bicyclic) bond motifs is 1. The van der Waals surface area contributed by atoms with E-state index in [2.05, 4.69) is 29.3 Å².